The number of nitrogens with zero attached hydrogens (tertiary/aromatic N) is 2. The van der Waals surface area contributed by atoms with Gasteiger partial charge in [-0.15, -0.1) is 0 Å². The average Bonchev–Trinajstić information content (AvgIpc) is 2.84. The molecule has 1 heterocycles. The molecule has 0 radical (unpaired) electrons. The topological polar surface area (TPSA) is 56.1 Å². The lowest BCUT2D eigenvalue weighted by Gasteiger charge is -2.10. The SMILES string of the molecule is COC(=O)c1cc(NCc2cncn2C)cc(Br)c1F. The van der Waals surface area contributed by atoms with Crippen molar-refractivity contribution in [3.63, 3.8) is 0 Å². The molecule has 0 spiro atoms. The van der Waals surface area contributed by atoms with Gasteiger partial charge in [0.2, 0.25) is 0 Å². The molecule has 5 nitrogen and oxygen atoms in total. The van der Waals surface area contributed by atoms with Gasteiger partial charge in [0.05, 0.1) is 35.7 Å². The van der Waals surface area contributed by atoms with Gasteiger partial charge in [-0.1, -0.05) is 0 Å². The van der Waals surface area contributed by atoms with Crippen molar-refractivity contribution in [3.8, 4) is 0 Å². The van der Waals surface area contributed by atoms with Gasteiger partial charge in [0.1, 0.15) is 0 Å². The lowest BCUT2D eigenvalue weighted by molar-refractivity contribution is 0.0595. The highest BCUT2D eigenvalue weighted by Gasteiger charge is 2.16. The van der Waals surface area contributed by atoms with E-state index in [2.05, 4.69) is 31.0 Å². The van der Waals surface area contributed by atoms with Crippen molar-refractivity contribution < 1.29 is 13.9 Å². The number of ether oxygens (including phenoxy) is 1. The van der Waals surface area contributed by atoms with Crippen LogP contribution in [0.4, 0.5) is 10.1 Å². The number of aromatic nitrogens is 2. The van der Waals surface area contributed by atoms with Crippen molar-refractivity contribution >= 4 is 27.6 Å². The summed E-state index contributed by atoms with van der Waals surface area (Å²) in [7, 11) is 3.09. The minimum atomic E-state index is -0.715. The summed E-state index contributed by atoms with van der Waals surface area (Å²) >= 11 is 3.09. The number of nitrogens with one attached hydrogen (secondary N) is 1. The minimum absolute atomic E-state index is 0.116. The lowest BCUT2D eigenvalue weighted by atomic mass is 10.2. The Balaban J connectivity index is 2.22. The standard InChI is InChI=1S/C13H13BrFN3O2/c1-18-7-16-5-9(18)6-17-8-3-10(13(19)20-2)12(15)11(14)4-8/h3-5,7,17H,6H2,1-2H3. The molecular formula is C13H13BrFN3O2. The number of benzene rings is 1. The van der Waals surface area contributed by atoms with E-state index >= 15 is 0 Å². The maximum Gasteiger partial charge on any atom is 0.340 e. The van der Waals surface area contributed by atoms with Crippen LogP contribution in [0.3, 0.4) is 0 Å². The van der Waals surface area contributed by atoms with Crippen molar-refractivity contribution in [1.29, 1.82) is 0 Å². The molecule has 20 heavy (non-hydrogen) atoms. The zero-order valence-electron chi connectivity index (χ0n) is 11.0. The van der Waals surface area contributed by atoms with Crippen molar-refractivity contribution in [2.45, 2.75) is 6.54 Å². The molecule has 0 aliphatic carbocycles. The van der Waals surface area contributed by atoms with Crippen molar-refractivity contribution in [3.05, 3.63) is 46.2 Å². The van der Waals surface area contributed by atoms with Crippen molar-refractivity contribution in [2.24, 2.45) is 7.05 Å². The molecule has 0 bridgehead atoms. The summed E-state index contributed by atoms with van der Waals surface area (Å²) < 4.78 is 20.4. The highest BCUT2D eigenvalue weighted by atomic mass is 79.9. The number of anilines is 1. The van der Waals surface area contributed by atoms with Crippen LogP contribution in [0.25, 0.3) is 0 Å². The first-order chi connectivity index (χ1) is 9.52. The van der Waals surface area contributed by atoms with Gasteiger partial charge < -0.3 is 14.6 Å². The third kappa shape index (κ3) is 2.98. The molecule has 0 fully saturated rings. The van der Waals surface area contributed by atoms with E-state index in [9.17, 15) is 9.18 Å². The fourth-order valence-electron chi connectivity index (χ4n) is 1.70. The van der Waals surface area contributed by atoms with E-state index in [1.54, 1.807) is 18.6 Å². The number of esters is 1. The fourth-order valence-corrected chi connectivity index (χ4v) is 2.16. The average molecular weight is 342 g/mol. The van der Waals surface area contributed by atoms with Gasteiger partial charge in [0.15, 0.2) is 5.82 Å². The van der Waals surface area contributed by atoms with Crippen molar-refractivity contribution in [2.75, 3.05) is 12.4 Å². The van der Waals surface area contributed by atoms with Crippen LogP contribution in [0.2, 0.25) is 0 Å². The molecule has 0 amide bonds. The second kappa shape index (κ2) is 6.04. The fraction of sp³-hybridized carbons (Fsp3) is 0.231. The van der Waals surface area contributed by atoms with E-state index in [1.165, 1.54) is 13.2 Å². The summed E-state index contributed by atoms with van der Waals surface area (Å²) in [6.07, 6.45) is 3.42. The number of carbonyl (C=O) groups is 1. The smallest absolute Gasteiger partial charge is 0.340 e. The first-order valence-corrected chi connectivity index (χ1v) is 6.58. The molecule has 1 aromatic carbocycles. The van der Waals surface area contributed by atoms with Crippen LogP contribution in [-0.2, 0) is 18.3 Å². The van der Waals surface area contributed by atoms with E-state index in [0.29, 0.717) is 12.2 Å². The van der Waals surface area contributed by atoms with Crippen LogP contribution in [0, 0.1) is 5.82 Å². The van der Waals surface area contributed by atoms with Crippen LogP contribution in [0.5, 0.6) is 0 Å². The van der Waals surface area contributed by atoms with Gasteiger partial charge in [-0.25, -0.2) is 14.2 Å². The lowest BCUT2D eigenvalue weighted by Crippen LogP contribution is -2.08. The minimum Gasteiger partial charge on any atom is -0.465 e. The normalized spacial score (nSPS) is 10.4. The number of aryl methyl sites for hydroxylation is 1. The number of imidazole rings is 1. The van der Waals surface area contributed by atoms with E-state index in [0.717, 1.165) is 5.69 Å². The molecule has 2 aromatic rings. The first kappa shape index (κ1) is 14.5. The number of carbonyl (C=O) groups excluding carboxylic acids is 1. The summed E-state index contributed by atoms with van der Waals surface area (Å²) in [5.41, 5.74) is 1.46. The monoisotopic (exact) mass is 341 g/mol. The Bertz CT molecular complexity index is 643. The predicted octanol–water partition coefficient (Wildman–Crippen LogP) is 2.72. The van der Waals surface area contributed by atoms with Gasteiger partial charge in [-0.3, -0.25) is 0 Å². The molecular weight excluding hydrogens is 329 g/mol. The Kier molecular flexibility index (Phi) is 4.39. The third-order valence-corrected chi connectivity index (χ3v) is 3.40. The van der Waals surface area contributed by atoms with Gasteiger partial charge in [-0.05, 0) is 28.1 Å². The Morgan fingerprint density at radius 1 is 1.55 bits per heavy atom. The summed E-state index contributed by atoms with van der Waals surface area (Å²) in [5.74, 6) is -1.35. The largest absolute Gasteiger partial charge is 0.465 e. The molecule has 0 aliphatic rings. The second-order valence-corrected chi connectivity index (χ2v) is 5.01. The molecule has 0 saturated heterocycles. The molecule has 2 rings (SSSR count). The Morgan fingerprint density at radius 3 is 2.90 bits per heavy atom. The maximum atomic E-state index is 13.8. The van der Waals surface area contributed by atoms with E-state index in [4.69, 9.17) is 0 Å². The molecule has 106 valence electrons. The number of methoxy groups -OCH3 is 1. The highest BCUT2D eigenvalue weighted by molar-refractivity contribution is 9.10. The highest BCUT2D eigenvalue weighted by Crippen LogP contribution is 2.25. The van der Waals surface area contributed by atoms with Crippen LogP contribution in [0.15, 0.2) is 29.1 Å². The van der Waals surface area contributed by atoms with Crippen LogP contribution in [-0.4, -0.2) is 22.6 Å². The number of halogens is 2. The molecule has 0 saturated carbocycles. The van der Waals surface area contributed by atoms with E-state index in [1.807, 2.05) is 11.6 Å². The third-order valence-electron chi connectivity index (χ3n) is 2.82. The Morgan fingerprint density at radius 2 is 2.30 bits per heavy atom. The summed E-state index contributed by atoms with van der Waals surface area (Å²) in [4.78, 5) is 15.5. The number of hydrogen-bond acceptors (Lipinski definition) is 4. The molecule has 1 N–H and O–H groups in total. The predicted molar refractivity (Wildman–Crippen MR) is 76.0 cm³/mol. The van der Waals surface area contributed by atoms with E-state index < -0.39 is 11.8 Å². The molecule has 1 aromatic heterocycles. The molecule has 0 atom stereocenters. The molecule has 0 aliphatic heterocycles. The van der Waals surface area contributed by atoms with E-state index in [-0.39, 0.29) is 10.0 Å². The van der Waals surface area contributed by atoms with Gasteiger partial charge in [0, 0.05) is 18.9 Å². The van der Waals surface area contributed by atoms with Crippen molar-refractivity contribution in [1.82, 2.24) is 9.55 Å². The summed E-state index contributed by atoms with van der Waals surface area (Å²) in [6.45, 7) is 0.509. The molecule has 0 unspecified atom stereocenters. The quantitative estimate of drug-likeness (QED) is 0.868. The number of hydrogen-bond donors (Lipinski definition) is 1. The van der Waals surface area contributed by atoms with Gasteiger partial charge in [0.25, 0.3) is 0 Å². The van der Waals surface area contributed by atoms with Crippen LogP contribution < -0.4 is 5.32 Å². The van der Waals surface area contributed by atoms with Crippen LogP contribution in [0.1, 0.15) is 16.1 Å². The maximum absolute atomic E-state index is 13.8. The zero-order chi connectivity index (χ0) is 14.7. The summed E-state index contributed by atoms with van der Waals surface area (Å²) in [5, 5.41) is 3.11. The van der Waals surface area contributed by atoms with Crippen LogP contribution >= 0.6 is 15.9 Å². The first-order valence-electron chi connectivity index (χ1n) is 5.79. The Labute approximate surface area is 123 Å². The number of rotatable bonds is 4. The van der Waals surface area contributed by atoms with Gasteiger partial charge in [-0.2, -0.15) is 0 Å². The zero-order valence-corrected chi connectivity index (χ0v) is 12.6. The summed E-state index contributed by atoms with van der Waals surface area (Å²) in [6, 6.07) is 2.99. The molecule has 7 heteroatoms. The van der Waals surface area contributed by atoms with Gasteiger partial charge >= 0.3 is 5.97 Å². The Hall–Kier alpha value is -1.89. The second-order valence-electron chi connectivity index (χ2n) is 4.16.